The molecular weight excluding hydrogens is 675 g/mol. The van der Waals surface area contributed by atoms with Crippen LogP contribution in [0.4, 0.5) is 0 Å². The molecule has 8 saturated carbocycles. The molecule has 0 amide bonds. The largest absolute Gasteiger partial charge is 1.00 e. The third-order valence-corrected chi connectivity index (χ3v) is 17.2. The van der Waals surface area contributed by atoms with Crippen molar-refractivity contribution < 1.29 is 49.0 Å². The second kappa shape index (κ2) is 13.9. The number of pyridine rings is 2. The normalized spacial score (nSPS) is 43.9. The Morgan fingerprint density at radius 1 is 0.784 bits per heavy atom. The fourth-order valence-electron chi connectivity index (χ4n) is 15.2. The van der Waals surface area contributed by atoms with Crippen LogP contribution >= 0.6 is 0 Å². The highest BCUT2D eigenvalue weighted by Crippen LogP contribution is 2.69. The molecule has 280 valence electrons. The number of carbonyl (C=O) groups is 1. The van der Waals surface area contributed by atoms with Gasteiger partial charge >= 0.3 is 5.97 Å². The number of nitrogens with zero attached hydrogens (tertiary/aromatic N) is 2. The van der Waals surface area contributed by atoms with Crippen LogP contribution in [0.1, 0.15) is 130 Å². The Balaban J connectivity index is 0.00000203. The molecule has 5 nitrogen and oxygen atoms in total. The molecule has 51 heavy (non-hydrogen) atoms. The van der Waals surface area contributed by atoms with Gasteiger partial charge in [-0.15, -0.1) is 0 Å². The van der Waals surface area contributed by atoms with Crippen molar-refractivity contribution in [2.24, 2.45) is 64.1 Å². The molecule has 0 spiro atoms. The van der Waals surface area contributed by atoms with Gasteiger partial charge < -0.3 is 35.0 Å². The maximum Gasteiger partial charge on any atom is 0.303 e. The minimum absolute atomic E-state index is 0. The third-order valence-electron chi connectivity index (χ3n) is 17.2. The van der Waals surface area contributed by atoms with Crippen molar-refractivity contribution in [3.63, 3.8) is 0 Å². The molecule has 8 aliphatic carbocycles. The first-order chi connectivity index (χ1) is 23.5. The van der Waals surface area contributed by atoms with Gasteiger partial charge in [-0.05, 0) is 139 Å². The van der Waals surface area contributed by atoms with E-state index in [0.29, 0.717) is 52.5 Å². The minimum atomic E-state index is -0.669. The van der Waals surface area contributed by atoms with Crippen LogP contribution in [0.5, 0.6) is 0 Å². The molecule has 10 atom stereocenters. The summed E-state index contributed by atoms with van der Waals surface area (Å²) in [5, 5.41) is 21.2. The summed E-state index contributed by atoms with van der Waals surface area (Å²) in [5.74, 6) is 5.42. The van der Waals surface area contributed by atoms with E-state index in [4.69, 9.17) is 0 Å². The monoisotopic (exact) mass is 736 g/mol. The second-order valence-corrected chi connectivity index (χ2v) is 19.5. The fourth-order valence-corrected chi connectivity index (χ4v) is 15.2. The van der Waals surface area contributed by atoms with E-state index in [-0.39, 0.29) is 42.8 Å². The third kappa shape index (κ3) is 6.20. The summed E-state index contributed by atoms with van der Waals surface area (Å²) in [6, 6.07) is 9.90. The smallest absolute Gasteiger partial charge is 0.303 e. The molecule has 0 radical (unpaired) electrons. The van der Waals surface area contributed by atoms with E-state index in [2.05, 4.69) is 79.0 Å². The second-order valence-electron chi connectivity index (χ2n) is 19.5. The first kappa shape index (κ1) is 37.6. The van der Waals surface area contributed by atoms with Crippen LogP contribution in [-0.4, -0.2) is 22.3 Å². The number of hydrogen-bond donors (Lipinski definition) is 2. The summed E-state index contributed by atoms with van der Waals surface area (Å²) in [5.41, 5.74) is 3.56. The summed E-state index contributed by atoms with van der Waals surface area (Å²) in [6.07, 6.45) is 28.5. The van der Waals surface area contributed by atoms with Crippen LogP contribution in [-0.2, 0) is 10.3 Å². The average molecular weight is 738 g/mol. The molecule has 2 heterocycles. The maximum atomic E-state index is 11.9. The number of hydrogen-bond acceptors (Lipinski definition) is 2. The van der Waals surface area contributed by atoms with Gasteiger partial charge in [0.2, 0.25) is 0 Å². The Morgan fingerprint density at radius 3 is 1.96 bits per heavy atom. The van der Waals surface area contributed by atoms with Gasteiger partial charge in [0.05, 0.1) is 6.10 Å². The molecule has 7 heteroatoms. The molecule has 4 bridgehead atoms. The van der Waals surface area contributed by atoms with Gasteiger partial charge in [0, 0.05) is 62.8 Å². The van der Waals surface area contributed by atoms with E-state index >= 15 is 0 Å². The highest BCUT2D eigenvalue weighted by Gasteiger charge is 2.63. The number of carboxylic acid groups (broad SMARTS) is 1. The number of fused-ring (bicyclic) bond motifs is 5. The summed E-state index contributed by atoms with van der Waals surface area (Å²) < 4.78 is 5.09. The van der Waals surface area contributed by atoms with E-state index < -0.39 is 5.97 Å². The molecule has 0 saturated heterocycles. The number of aliphatic carboxylic acids is 1. The van der Waals surface area contributed by atoms with Gasteiger partial charge in [-0.1, -0.05) is 20.8 Å². The van der Waals surface area contributed by atoms with Crippen molar-refractivity contribution in [2.45, 2.75) is 141 Å². The van der Waals surface area contributed by atoms with Crippen LogP contribution in [0.25, 0.3) is 11.1 Å². The van der Waals surface area contributed by atoms with Gasteiger partial charge in [-0.2, -0.15) is 4.57 Å². The lowest BCUT2D eigenvalue weighted by atomic mass is 9.43. The first-order valence-corrected chi connectivity index (χ1v) is 20.5. The zero-order valence-corrected chi connectivity index (χ0v) is 32.7. The Bertz CT molecular complexity index is 1530. The lowest BCUT2D eigenvalue weighted by Gasteiger charge is -2.62. The summed E-state index contributed by atoms with van der Waals surface area (Å²) in [6.45, 7) is 7.41. The topological polar surface area (TPSA) is 65.3 Å². The van der Waals surface area contributed by atoms with Crippen molar-refractivity contribution in [1.29, 1.82) is 0 Å². The predicted molar refractivity (Wildman–Crippen MR) is 190 cm³/mol. The number of carboxylic acids is 1. The molecule has 8 fully saturated rings. The Kier molecular flexibility index (Phi) is 10.2. The van der Waals surface area contributed by atoms with Gasteiger partial charge in [0.1, 0.15) is 0 Å². The minimum Gasteiger partial charge on any atom is -1.00 e. The van der Waals surface area contributed by atoms with Gasteiger partial charge in [-0.3, -0.25) is 4.79 Å². The lowest BCUT2D eigenvalue weighted by molar-refractivity contribution is -0.776. The number of rotatable bonds is 7. The first-order valence-electron chi connectivity index (χ1n) is 20.5. The Morgan fingerprint density at radius 2 is 1.35 bits per heavy atom. The number of halogens is 2. The van der Waals surface area contributed by atoms with E-state index in [1.807, 2.05) is 0 Å². The van der Waals surface area contributed by atoms with E-state index in [1.54, 1.807) is 0 Å². The van der Waals surface area contributed by atoms with Crippen molar-refractivity contribution >= 4 is 5.97 Å². The van der Waals surface area contributed by atoms with Crippen LogP contribution < -0.4 is 33.9 Å². The molecule has 2 aromatic rings. The lowest BCUT2D eigenvalue weighted by Crippen LogP contribution is -3.00. The van der Waals surface area contributed by atoms with Gasteiger partial charge in [0.15, 0.2) is 36.4 Å². The number of aliphatic hydroxyl groups excluding tert-OH is 1. The predicted octanol–water partition coefficient (Wildman–Crippen LogP) is 2.53. The molecule has 0 aromatic carbocycles. The molecule has 2 N–H and O–H groups in total. The number of aliphatic hydroxyl groups is 1. The van der Waals surface area contributed by atoms with Crippen LogP contribution in [0, 0.1) is 64.1 Å². The van der Waals surface area contributed by atoms with Crippen molar-refractivity contribution in [1.82, 2.24) is 0 Å². The van der Waals surface area contributed by atoms with Crippen LogP contribution in [0.2, 0.25) is 0 Å². The molecule has 0 aliphatic heterocycles. The van der Waals surface area contributed by atoms with Crippen molar-refractivity contribution in [2.75, 3.05) is 0 Å². The maximum absolute atomic E-state index is 11.9. The molecule has 10 rings (SSSR count). The van der Waals surface area contributed by atoms with Gasteiger partial charge in [-0.25, -0.2) is 4.57 Å². The van der Waals surface area contributed by atoms with Gasteiger partial charge in [0.25, 0.3) is 0 Å². The zero-order chi connectivity index (χ0) is 33.7. The summed E-state index contributed by atoms with van der Waals surface area (Å²) in [4.78, 5) is 11.3. The highest BCUT2D eigenvalue weighted by molar-refractivity contribution is 5.66. The summed E-state index contributed by atoms with van der Waals surface area (Å²) >= 11 is 0. The average Bonchev–Trinajstić information content (AvgIpc) is 3.44. The molecule has 8 aliphatic rings. The zero-order valence-electron chi connectivity index (χ0n) is 31.2. The molecular formula is C44H62Cl2N2O3. The van der Waals surface area contributed by atoms with Crippen LogP contribution in [0.3, 0.4) is 0 Å². The van der Waals surface area contributed by atoms with Crippen molar-refractivity contribution in [3.05, 3.63) is 49.1 Å². The standard InChI is InChI=1S/C44H61N2O3.2ClH/c1-28(4-7-40(48)49)36-5-6-37-41-38(9-15-43(36,37)3)42(2)14-8-35(23-34(42)24-39(41)47)45-16-10-32(11-17-45)33-12-18-46(19-13-33)44-25-29-20-30(26-44)22-31(21-29)27-44;;/h10-13,16-19,28-31,34-39,41,47H,4-9,14-15,20-27H2,1-3H3;2*1H/q+1;;/p-1/t28-,29?,30?,31?,34+,35+,36-,37+,38+,39+,41+,42+,43-,44?;;/m1../s1. The van der Waals surface area contributed by atoms with E-state index in [1.165, 1.54) is 94.6 Å². The SMILES string of the molecule is C[C@H](CCC(=O)O)[C@H]1CC[C@H]2[C@@H]3[C@@H](O)C[C@@H]4C[C@@H]([n+]5ccc(-c6cc[n+](C78CC9CC(CC(C9)C7)C8)cc6)cc5)CC[C@]4(C)[C@H]3CC[C@]12C.[Cl-].[Cl-]. The van der Waals surface area contributed by atoms with Crippen molar-refractivity contribution in [3.8, 4) is 11.1 Å². The Labute approximate surface area is 319 Å². The summed E-state index contributed by atoms with van der Waals surface area (Å²) in [7, 11) is 0. The highest BCUT2D eigenvalue weighted by atomic mass is 35.5. The number of aromatic nitrogens is 2. The van der Waals surface area contributed by atoms with Crippen LogP contribution in [0.15, 0.2) is 49.1 Å². The van der Waals surface area contributed by atoms with E-state index in [0.717, 1.165) is 30.6 Å². The quantitative estimate of drug-likeness (QED) is 0.430. The van der Waals surface area contributed by atoms with E-state index in [9.17, 15) is 15.0 Å². The Hall–Kier alpha value is -1.69. The molecule has 2 aromatic heterocycles. The molecule has 0 unspecified atom stereocenters. The fraction of sp³-hybridized carbons (Fsp3) is 0.750.